The second-order valence-corrected chi connectivity index (χ2v) is 9.25. The van der Waals surface area contributed by atoms with Gasteiger partial charge < -0.3 is 31.1 Å². The molecule has 11 nitrogen and oxygen atoms in total. The zero-order valence-electron chi connectivity index (χ0n) is 20.1. The molecule has 0 bridgehead atoms. The highest BCUT2D eigenvalue weighted by Crippen LogP contribution is 2.27. The monoisotopic (exact) mass is 496 g/mol. The number of carbonyl (C=O) groups is 3. The van der Waals surface area contributed by atoms with Crippen LogP contribution in [0.1, 0.15) is 47.3 Å². The Balaban J connectivity index is 1.23. The molecule has 0 saturated carbocycles. The molecule has 2 aliphatic rings. The molecule has 1 fully saturated rings. The van der Waals surface area contributed by atoms with Crippen molar-refractivity contribution in [3.63, 3.8) is 0 Å². The highest BCUT2D eigenvalue weighted by molar-refractivity contribution is 5.96. The lowest BCUT2D eigenvalue weighted by molar-refractivity contribution is -0.149. The molecule has 2 aliphatic heterocycles. The predicted molar refractivity (Wildman–Crippen MR) is 132 cm³/mol. The molecule has 2 aromatic heterocycles. The van der Waals surface area contributed by atoms with Crippen LogP contribution in [-0.2, 0) is 17.6 Å². The van der Waals surface area contributed by atoms with E-state index in [2.05, 4.69) is 32.0 Å². The van der Waals surface area contributed by atoms with E-state index in [1.54, 1.807) is 4.90 Å². The standard InChI is InChI=1S/C25H32N6O5/c32-22(18-7-13-26-14-8-18)30-20(23(33)34)25(36)9-15-31(16-10-25)24(35)28-12-2-4-19-6-5-17-3-1-11-27-21(17)29-19/h5-8,13-14,20,36H,1-4,9-12,15-16H2,(H,27,29)(H,28,35)(H,30,32)(H,33,34). The first-order valence-corrected chi connectivity index (χ1v) is 12.3. The van der Waals surface area contributed by atoms with E-state index >= 15 is 0 Å². The summed E-state index contributed by atoms with van der Waals surface area (Å²) in [6.07, 6.45) is 6.55. The lowest BCUT2D eigenvalue weighted by atomic mass is 9.84. The molecule has 1 unspecified atom stereocenters. The number of likely N-dealkylation sites (tertiary alicyclic amines) is 1. The van der Waals surface area contributed by atoms with Gasteiger partial charge in [0.05, 0.1) is 5.60 Å². The van der Waals surface area contributed by atoms with E-state index in [9.17, 15) is 24.6 Å². The number of aryl methyl sites for hydroxylation is 2. The van der Waals surface area contributed by atoms with Gasteiger partial charge in [0.2, 0.25) is 0 Å². The van der Waals surface area contributed by atoms with Crippen LogP contribution in [0.3, 0.4) is 0 Å². The van der Waals surface area contributed by atoms with Gasteiger partial charge in [0.1, 0.15) is 5.82 Å². The number of pyridine rings is 2. The lowest BCUT2D eigenvalue weighted by Gasteiger charge is -2.41. The molecular formula is C25H32N6O5. The minimum atomic E-state index is -1.67. The van der Waals surface area contributed by atoms with Crippen LogP contribution in [0.2, 0.25) is 0 Å². The van der Waals surface area contributed by atoms with E-state index in [0.29, 0.717) is 6.54 Å². The number of amides is 3. The molecule has 5 N–H and O–H groups in total. The summed E-state index contributed by atoms with van der Waals surface area (Å²) < 4.78 is 0. The van der Waals surface area contributed by atoms with Crippen LogP contribution in [0.15, 0.2) is 36.7 Å². The molecule has 2 aromatic rings. The second-order valence-electron chi connectivity index (χ2n) is 9.25. The van der Waals surface area contributed by atoms with Crippen LogP contribution in [0.5, 0.6) is 0 Å². The van der Waals surface area contributed by atoms with Crippen molar-refractivity contribution in [1.82, 2.24) is 25.5 Å². The van der Waals surface area contributed by atoms with Crippen molar-refractivity contribution in [1.29, 1.82) is 0 Å². The van der Waals surface area contributed by atoms with Gasteiger partial charge in [0, 0.05) is 49.8 Å². The summed E-state index contributed by atoms with van der Waals surface area (Å²) in [5, 5.41) is 29.3. The highest BCUT2D eigenvalue weighted by atomic mass is 16.4. The molecule has 0 aromatic carbocycles. The number of carboxylic acids is 1. The number of hydrogen-bond acceptors (Lipinski definition) is 7. The average molecular weight is 497 g/mol. The summed E-state index contributed by atoms with van der Waals surface area (Å²) in [6, 6.07) is 5.31. The first-order valence-electron chi connectivity index (χ1n) is 12.3. The van der Waals surface area contributed by atoms with Gasteiger partial charge in [-0.25, -0.2) is 14.6 Å². The van der Waals surface area contributed by atoms with Crippen molar-refractivity contribution in [2.45, 2.75) is 50.2 Å². The molecule has 0 spiro atoms. The van der Waals surface area contributed by atoms with Crippen molar-refractivity contribution in [2.24, 2.45) is 0 Å². The molecule has 192 valence electrons. The number of hydrogen-bond donors (Lipinski definition) is 5. The van der Waals surface area contributed by atoms with E-state index in [1.807, 2.05) is 6.07 Å². The van der Waals surface area contributed by atoms with Gasteiger partial charge in [-0.1, -0.05) is 6.07 Å². The van der Waals surface area contributed by atoms with E-state index in [-0.39, 0.29) is 37.5 Å². The second kappa shape index (κ2) is 11.3. The fourth-order valence-electron chi connectivity index (χ4n) is 4.61. The Kier molecular flexibility index (Phi) is 7.99. The third kappa shape index (κ3) is 6.09. The summed E-state index contributed by atoms with van der Waals surface area (Å²) in [7, 11) is 0. The molecule has 36 heavy (non-hydrogen) atoms. The number of aromatic nitrogens is 2. The van der Waals surface area contributed by atoms with Gasteiger partial charge in [-0.2, -0.15) is 0 Å². The summed E-state index contributed by atoms with van der Waals surface area (Å²) in [5.41, 5.74) is 0.801. The number of nitrogens with one attached hydrogen (secondary N) is 3. The topological polar surface area (TPSA) is 157 Å². The van der Waals surface area contributed by atoms with Gasteiger partial charge in [-0.15, -0.1) is 0 Å². The van der Waals surface area contributed by atoms with Gasteiger partial charge in [0.15, 0.2) is 6.04 Å². The molecule has 0 radical (unpaired) electrons. The predicted octanol–water partition coefficient (Wildman–Crippen LogP) is 1.19. The minimum Gasteiger partial charge on any atom is -0.480 e. The molecule has 4 heterocycles. The zero-order chi connectivity index (χ0) is 25.5. The number of aliphatic carboxylic acids is 1. The first-order chi connectivity index (χ1) is 17.4. The van der Waals surface area contributed by atoms with Crippen molar-refractivity contribution in [3.8, 4) is 0 Å². The number of aliphatic hydroxyl groups is 1. The van der Waals surface area contributed by atoms with Crippen LogP contribution in [-0.4, -0.2) is 80.8 Å². The maximum Gasteiger partial charge on any atom is 0.329 e. The number of piperidine rings is 1. The molecule has 4 rings (SSSR count). The smallest absolute Gasteiger partial charge is 0.329 e. The zero-order valence-corrected chi connectivity index (χ0v) is 20.1. The Bertz CT molecular complexity index is 1090. The largest absolute Gasteiger partial charge is 0.480 e. The van der Waals surface area contributed by atoms with Crippen LogP contribution >= 0.6 is 0 Å². The molecule has 3 amide bonds. The average Bonchev–Trinajstić information content (AvgIpc) is 2.90. The summed E-state index contributed by atoms with van der Waals surface area (Å²) in [5.74, 6) is -0.980. The van der Waals surface area contributed by atoms with E-state index in [4.69, 9.17) is 0 Å². The maximum absolute atomic E-state index is 12.6. The number of anilines is 1. The SMILES string of the molecule is O=C(NC(C(=O)O)C1(O)CCN(C(=O)NCCCc2ccc3c(n2)NCCC3)CC1)c1ccncc1. The highest BCUT2D eigenvalue weighted by Gasteiger charge is 2.45. The number of rotatable bonds is 8. The molecule has 11 heteroatoms. The number of nitrogens with zero attached hydrogens (tertiary/aromatic N) is 3. The van der Waals surface area contributed by atoms with E-state index in [1.165, 1.54) is 30.1 Å². The fraction of sp³-hybridized carbons (Fsp3) is 0.480. The van der Waals surface area contributed by atoms with Gasteiger partial charge in [-0.05, 0) is 62.3 Å². The summed E-state index contributed by atoms with van der Waals surface area (Å²) in [4.78, 5) is 47.0. The Labute approximate surface area is 209 Å². The third-order valence-electron chi connectivity index (χ3n) is 6.76. The number of fused-ring (bicyclic) bond motifs is 1. The molecular weight excluding hydrogens is 464 g/mol. The Morgan fingerprint density at radius 3 is 2.61 bits per heavy atom. The Morgan fingerprint density at radius 2 is 1.89 bits per heavy atom. The quantitative estimate of drug-likeness (QED) is 0.341. The van der Waals surface area contributed by atoms with Gasteiger partial charge in [-0.3, -0.25) is 9.78 Å². The van der Waals surface area contributed by atoms with Crippen molar-refractivity contribution in [3.05, 3.63) is 53.5 Å². The molecule has 0 aliphatic carbocycles. The van der Waals surface area contributed by atoms with Crippen LogP contribution in [0, 0.1) is 0 Å². The van der Waals surface area contributed by atoms with Crippen LogP contribution in [0.25, 0.3) is 0 Å². The summed E-state index contributed by atoms with van der Waals surface area (Å²) in [6.45, 7) is 1.77. The Morgan fingerprint density at radius 1 is 1.14 bits per heavy atom. The van der Waals surface area contributed by atoms with Crippen molar-refractivity contribution < 1.29 is 24.6 Å². The van der Waals surface area contributed by atoms with E-state index < -0.39 is 23.5 Å². The van der Waals surface area contributed by atoms with Crippen LogP contribution in [0.4, 0.5) is 10.6 Å². The number of carboxylic acid groups (broad SMARTS) is 1. The third-order valence-corrected chi connectivity index (χ3v) is 6.76. The lowest BCUT2D eigenvalue weighted by Crippen LogP contribution is -2.62. The number of urea groups is 1. The van der Waals surface area contributed by atoms with Gasteiger partial charge in [0.25, 0.3) is 5.91 Å². The van der Waals surface area contributed by atoms with Crippen molar-refractivity contribution >= 4 is 23.7 Å². The summed E-state index contributed by atoms with van der Waals surface area (Å²) >= 11 is 0. The normalized spacial score (nSPS) is 17.3. The molecule has 1 atom stereocenters. The van der Waals surface area contributed by atoms with Gasteiger partial charge >= 0.3 is 12.0 Å². The number of carbonyl (C=O) groups excluding carboxylic acids is 2. The van der Waals surface area contributed by atoms with E-state index in [0.717, 1.165) is 43.7 Å². The Hall–Kier alpha value is -3.73. The molecule has 1 saturated heterocycles. The van der Waals surface area contributed by atoms with Crippen LogP contribution < -0.4 is 16.0 Å². The maximum atomic E-state index is 12.6. The minimum absolute atomic E-state index is 0.0278. The first kappa shape index (κ1) is 25.4. The fourth-order valence-corrected chi connectivity index (χ4v) is 4.61. The van der Waals surface area contributed by atoms with Crippen molar-refractivity contribution in [2.75, 3.05) is 31.5 Å².